The summed E-state index contributed by atoms with van der Waals surface area (Å²) in [7, 11) is 3.57. The molecule has 0 radical (unpaired) electrons. The Morgan fingerprint density at radius 3 is 2.76 bits per heavy atom. The van der Waals surface area contributed by atoms with Crippen LogP contribution in [0.15, 0.2) is 4.79 Å². The van der Waals surface area contributed by atoms with Crippen LogP contribution in [0.25, 0.3) is 11.0 Å². The first-order valence-corrected chi connectivity index (χ1v) is 6.91. The second-order valence-corrected chi connectivity index (χ2v) is 5.13. The third kappa shape index (κ3) is 2.97. The van der Waals surface area contributed by atoms with Crippen LogP contribution >= 0.6 is 0 Å². The number of carbonyl (C=O) groups is 1. The minimum atomic E-state index is -0.153. The number of nitrogens with zero attached hydrogens (tertiary/aromatic N) is 2. The third-order valence-corrected chi connectivity index (χ3v) is 3.64. The van der Waals surface area contributed by atoms with Gasteiger partial charge in [-0.05, 0) is 32.0 Å². The van der Waals surface area contributed by atoms with Gasteiger partial charge in [0.1, 0.15) is 0 Å². The number of rotatable bonds is 5. The summed E-state index contributed by atoms with van der Waals surface area (Å²) >= 11 is 0. The molecule has 0 aliphatic rings. The number of aryl methyl sites for hydroxylation is 3. The van der Waals surface area contributed by atoms with E-state index in [1.807, 2.05) is 13.8 Å². The smallest absolute Gasteiger partial charge is 0.273 e. The van der Waals surface area contributed by atoms with Crippen molar-refractivity contribution >= 4 is 16.9 Å². The van der Waals surface area contributed by atoms with Crippen LogP contribution in [0.5, 0.6) is 0 Å². The molecule has 7 heteroatoms. The Bertz CT molecular complexity index is 729. The highest BCUT2D eigenvalue weighted by atomic mass is 16.1. The summed E-state index contributed by atoms with van der Waals surface area (Å²) in [6.45, 7) is 4.80. The van der Waals surface area contributed by atoms with Crippen molar-refractivity contribution in [1.29, 1.82) is 0 Å². The fourth-order valence-electron chi connectivity index (χ4n) is 2.42. The molecule has 0 aromatic carbocycles. The minimum Gasteiger partial charge on any atom is -0.352 e. The largest absolute Gasteiger partial charge is 0.352 e. The van der Waals surface area contributed by atoms with Crippen molar-refractivity contribution in [2.24, 2.45) is 7.05 Å². The molecule has 0 saturated heterocycles. The maximum absolute atomic E-state index is 12.0. The highest BCUT2D eigenvalue weighted by molar-refractivity contribution is 5.80. The number of amides is 1. The van der Waals surface area contributed by atoms with Gasteiger partial charge in [-0.2, -0.15) is 0 Å². The molecular weight excluding hydrogens is 270 g/mol. The third-order valence-electron chi connectivity index (χ3n) is 3.64. The summed E-state index contributed by atoms with van der Waals surface area (Å²) in [4.78, 5) is 28.1. The number of aromatic nitrogens is 3. The molecule has 2 heterocycles. The lowest BCUT2D eigenvalue weighted by Gasteiger charge is -2.11. The Labute approximate surface area is 122 Å². The molecule has 7 nitrogen and oxygen atoms in total. The van der Waals surface area contributed by atoms with Crippen molar-refractivity contribution in [1.82, 2.24) is 25.4 Å². The molecule has 3 N–H and O–H groups in total. The van der Waals surface area contributed by atoms with Gasteiger partial charge in [0.2, 0.25) is 5.91 Å². The van der Waals surface area contributed by atoms with Gasteiger partial charge in [-0.3, -0.25) is 19.4 Å². The first kappa shape index (κ1) is 15.2. The lowest BCUT2D eigenvalue weighted by molar-refractivity contribution is -0.121. The summed E-state index contributed by atoms with van der Waals surface area (Å²) in [6.07, 6.45) is 0.427. The molecule has 0 spiro atoms. The van der Waals surface area contributed by atoms with E-state index >= 15 is 0 Å². The van der Waals surface area contributed by atoms with E-state index in [2.05, 4.69) is 20.7 Å². The summed E-state index contributed by atoms with van der Waals surface area (Å²) in [6, 6.07) is 0. The van der Waals surface area contributed by atoms with Crippen molar-refractivity contribution in [2.75, 3.05) is 13.6 Å². The zero-order valence-electron chi connectivity index (χ0n) is 12.8. The molecule has 0 saturated carbocycles. The normalized spacial score (nSPS) is 11.0. The number of H-pyrrole nitrogens is 1. The zero-order chi connectivity index (χ0) is 15.6. The van der Waals surface area contributed by atoms with Gasteiger partial charge in [0.15, 0.2) is 5.65 Å². The predicted octanol–water partition coefficient (Wildman–Crippen LogP) is 0.104. The molecule has 1 amide bonds. The Balaban J connectivity index is 2.30. The molecule has 21 heavy (non-hydrogen) atoms. The monoisotopic (exact) mass is 291 g/mol. The van der Waals surface area contributed by atoms with Gasteiger partial charge in [-0.1, -0.05) is 0 Å². The second-order valence-electron chi connectivity index (χ2n) is 5.13. The van der Waals surface area contributed by atoms with E-state index in [-0.39, 0.29) is 11.5 Å². The Kier molecular flexibility index (Phi) is 4.42. The number of hydrogen-bond donors (Lipinski definition) is 3. The van der Waals surface area contributed by atoms with Crippen LogP contribution in [0.1, 0.15) is 23.2 Å². The number of carbonyl (C=O) groups excluding carboxylic acids is 1. The Morgan fingerprint density at radius 1 is 1.38 bits per heavy atom. The topological polar surface area (TPSA) is 91.8 Å². The summed E-state index contributed by atoms with van der Waals surface area (Å²) in [5.74, 6) is -0.0229. The van der Waals surface area contributed by atoms with Gasteiger partial charge in [0.05, 0.1) is 5.39 Å². The zero-order valence-corrected chi connectivity index (χ0v) is 12.8. The SMILES string of the molecule is CNCCC(=O)NCc1c(C)nc2c(c1C)c(=O)[nH]n2C. The van der Waals surface area contributed by atoms with Gasteiger partial charge in [-0.15, -0.1) is 0 Å². The average molecular weight is 291 g/mol. The maximum Gasteiger partial charge on any atom is 0.273 e. The van der Waals surface area contributed by atoms with Crippen LogP contribution < -0.4 is 16.2 Å². The van der Waals surface area contributed by atoms with Crippen molar-refractivity contribution in [2.45, 2.75) is 26.8 Å². The van der Waals surface area contributed by atoms with Gasteiger partial charge >= 0.3 is 0 Å². The molecule has 0 fully saturated rings. The lowest BCUT2D eigenvalue weighted by atomic mass is 10.0. The van der Waals surface area contributed by atoms with E-state index < -0.39 is 0 Å². The van der Waals surface area contributed by atoms with Crippen LogP contribution in [0.3, 0.4) is 0 Å². The van der Waals surface area contributed by atoms with Crippen LogP contribution in [0, 0.1) is 13.8 Å². The van der Waals surface area contributed by atoms with Crippen molar-refractivity contribution < 1.29 is 4.79 Å². The number of aromatic amines is 1. The standard InChI is InChI=1S/C14H21N5O2/c1-8-10(7-16-11(20)5-6-15-3)9(2)17-13-12(8)14(21)18-19(13)4/h15H,5-7H2,1-4H3,(H,16,20)(H,18,21). The summed E-state index contributed by atoms with van der Waals surface area (Å²) < 4.78 is 1.62. The van der Waals surface area contributed by atoms with E-state index in [0.717, 1.165) is 16.8 Å². The van der Waals surface area contributed by atoms with Gasteiger partial charge in [0.25, 0.3) is 5.56 Å². The van der Waals surface area contributed by atoms with E-state index in [0.29, 0.717) is 30.5 Å². The quantitative estimate of drug-likeness (QED) is 0.729. The van der Waals surface area contributed by atoms with Gasteiger partial charge < -0.3 is 10.6 Å². The van der Waals surface area contributed by atoms with E-state index in [1.54, 1.807) is 18.8 Å². The summed E-state index contributed by atoms with van der Waals surface area (Å²) in [5.41, 5.74) is 3.08. The van der Waals surface area contributed by atoms with E-state index in [9.17, 15) is 9.59 Å². The van der Waals surface area contributed by atoms with E-state index in [4.69, 9.17) is 0 Å². The molecule has 0 bridgehead atoms. The molecule has 2 aromatic heterocycles. The molecule has 2 rings (SSSR count). The van der Waals surface area contributed by atoms with Crippen molar-refractivity contribution in [3.8, 4) is 0 Å². The first-order valence-electron chi connectivity index (χ1n) is 6.91. The van der Waals surface area contributed by atoms with Crippen molar-refractivity contribution in [3.63, 3.8) is 0 Å². The molecule has 0 aliphatic heterocycles. The Morgan fingerprint density at radius 2 is 2.10 bits per heavy atom. The minimum absolute atomic E-state index is 0.0229. The highest BCUT2D eigenvalue weighted by Gasteiger charge is 2.15. The predicted molar refractivity (Wildman–Crippen MR) is 81.2 cm³/mol. The number of pyridine rings is 1. The fraction of sp³-hybridized carbons (Fsp3) is 0.500. The number of fused-ring (bicyclic) bond motifs is 1. The molecule has 2 aromatic rings. The van der Waals surface area contributed by atoms with Crippen LogP contribution in [-0.4, -0.2) is 34.3 Å². The van der Waals surface area contributed by atoms with Gasteiger partial charge in [-0.25, -0.2) is 4.98 Å². The molecule has 114 valence electrons. The second kappa shape index (κ2) is 6.09. The van der Waals surface area contributed by atoms with Crippen molar-refractivity contribution in [3.05, 3.63) is 27.2 Å². The average Bonchev–Trinajstić information content (AvgIpc) is 2.71. The van der Waals surface area contributed by atoms with Crippen LogP contribution in [0.4, 0.5) is 0 Å². The molecule has 0 aliphatic carbocycles. The molecule has 0 unspecified atom stereocenters. The van der Waals surface area contributed by atoms with E-state index in [1.165, 1.54) is 0 Å². The lowest BCUT2D eigenvalue weighted by Crippen LogP contribution is -2.27. The molecular formula is C14H21N5O2. The van der Waals surface area contributed by atoms with Crippen LogP contribution in [0.2, 0.25) is 0 Å². The highest BCUT2D eigenvalue weighted by Crippen LogP contribution is 2.19. The molecule has 0 atom stereocenters. The Hall–Kier alpha value is -2.15. The fourth-order valence-corrected chi connectivity index (χ4v) is 2.42. The first-order chi connectivity index (χ1) is 9.95. The number of nitrogens with one attached hydrogen (secondary N) is 3. The van der Waals surface area contributed by atoms with Crippen LogP contribution in [-0.2, 0) is 18.4 Å². The number of hydrogen-bond acceptors (Lipinski definition) is 4. The summed E-state index contributed by atoms with van der Waals surface area (Å²) in [5, 5.41) is 9.09. The van der Waals surface area contributed by atoms with Gasteiger partial charge in [0, 0.05) is 32.3 Å². The maximum atomic E-state index is 12.0.